The third-order valence-corrected chi connectivity index (χ3v) is 6.15. The van der Waals surface area contributed by atoms with Crippen molar-refractivity contribution < 1.29 is 19.0 Å². The van der Waals surface area contributed by atoms with Crippen LogP contribution in [-0.2, 0) is 6.54 Å². The average Bonchev–Trinajstić information content (AvgIpc) is 3.20. The molecule has 1 N–H and O–H groups in total. The van der Waals surface area contributed by atoms with Crippen LogP contribution in [-0.4, -0.2) is 36.8 Å². The van der Waals surface area contributed by atoms with Gasteiger partial charge in [-0.2, -0.15) is 0 Å². The number of carbonyl (C=O) groups excluding carboxylic acids is 1. The molecule has 4 aromatic rings. The number of ether oxygens (including phenoxy) is 3. The Morgan fingerprint density at radius 1 is 1.06 bits per heavy atom. The summed E-state index contributed by atoms with van der Waals surface area (Å²) >= 11 is 1.35. The maximum Gasteiger partial charge on any atom is 0.259 e. The van der Waals surface area contributed by atoms with Crippen LogP contribution in [0, 0.1) is 5.92 Å². The number of amides is 1. The molecule has 1 amide bonds. The van der Waals surface area contributed by atoms with Crippen LogP contribution >= 0.6 is 11.3 Å². The standard InChI is InChI=1S/C24H25N3O5S/c1-13(2)11-27-12-17(15-9-19(31-4)20(32-5)10-16(15)23(27)29)22(28)26-24-25-18-7-6-14(30-3)8-21(18)33-24/h6-10,12-13H,11H2,1-5H3,(H,25,26,28). The van der Waals surface area contributed by atoms with Gasteiger partial charge in [-0.15, -0.1) is 0 Å². The topological polar surface area (TPSA) is 91.7 Å². The van der Waals surface area contributed by atoms with Crippen molar-refractivity contribution in [2.75, 3.05) is 26.6 Å². The summed E-state index contributed by atoms with van der Waals surface area (Å²) in [4.78, 5) is 31.0. The lowest BCUT2D eigenvalue weighted by Crippen LogP contribution is -2.25. The molecule has 8 nitrogen and oxygen atoms in total. The molecule has 2 aromatic heterocycles. The molecule has 4 rings (SSSR count). The van der Waals surface area contributed by atoms with E-state index in [0.717, 1.165) is 16.0 Å². The van der Waals surface area contributed by atoms with Gasteiger partial charge >= 0.3 is 0 Å². The van der Waals surface area contributed by atoms with E-state index in [0.29, 0.717) is 39.5 Å². The predicted octanol–water partition coefficient (Wildman–Crippen LogP) is 4.55. The zero-order valence-electron chi connectivity index (χ0n) is 19.1. The first-order chi connectivity index (χ1) is 15.8. The second kappa shape index (κ2) is 9.11. The van der Waals surface area contributed by atoms with Crippen molar-refractivity contribution >= 4 is 43.4 Å². The Kier molecular flexibility index (Phi) is 6.24. The Balaban J connectivity index is 1.83. The summed E-state index contributed by atoms with van der Waals surface area (Å²) in [5.41, 5.74) is 0.920. The normalized spacial score (nSPS) is 11.2. The quantitative estimate of drug-likeness (QED) is 0.429. The first kappa shape index (κ1) is 22.6. The summed E-state index contributed by atoms with van der Waals surface area (Å²) in [7, 11) is 4.62. The maximum absolute atomic E-state index is 13.4. The molecule has 0 bridgehead atoms. The summed E-state index contributed by atoms with van der Waals surface area (Å²) in [5.74, 6) is 1.44. The highest BCUT2D eigenvalue weighted by atomic mass is 32.1. The molecule has 0 spiro atoms. The van der Waals surface area contributed by atoms with Crippen LogP contribution in [0.3, 0.4) is 0 Å². The van der Waals surface area contributed by atoms with Crippen molar-refractivity contribution in [1.82, 2.24) is 9.55 Å². The molecule has 0 saturated heterocycles. The van der Waals surface area contributed by atoms with Gasteiger partial charge in [0.2, 0.25) is 0 Å². The molecule has 9 heteroatoms. The monoisotopic (exact) mass is 467 g/mol. The van der Waals surface area contributed by atoms with E-state index in [-0.39, 0.29) is 17.4 Å². The van der Waals surface area contributed by atoms with Gasteiger partial charge in [0.1, 0.15) is 5.75 Å². The highest BCUT2D eigenvalue weighted by Crippen LogP contribution is 2.33. The van der Waals surface area contributed by atoms with Crippen LogP contribution in [0.15, 0.2) is 41.3 Å². The molecule has 2 heterocycles. The molecule has 0 saturated carbocycles. The molecule has 172 valence electrons. The SMILES string of the molecule is COc1ccc2nc(NC(=O)c3cn(CC(C)C)c(=O)c4cc(OC)c(OC)cc34)sc2c1. The highest BCUT2D eigenvalue weighted by Gasteiger charge is 2.20. The Morgan fingerprint density at radius 2 is 1.76 bits per heavy atom. The van der Waals surface area contributed by atoms with Crippen molar-refractivity contribution in [3.63, 3.8) is 0 Å². The zero-order valence-corrected chi connectivity index (χ0v) is 19.9. The Labute approximate surface area is 194 Å². The lowest BCUT2D eigenvalue weighted by atomic mass is 10.0. The number of anilines is 1. The minimum Gasteiger partial charge on any atom is -0.497 e. The molecule has 0 aliphatic heterocycles. The fourth-order valence-electron chi connectivity index (χ4n) is 3.68. The van der Waals surface area contributed by atoms with Crippen LogP contribution in [0.5, 0.6) is 17.2 Å². The van der Waals surface area contributed by atoms with Gasteiger partial charge in [0.15, 0.2) is 16.6 Å². The van der Waals surface area contributed by atoms with Gasteiger partial charge in [-0.25, -0.2) is 4.98 Å². The number of thiazole rings is 1. The minimum absolute atomic E-state index is 0.191. The predicted molar refractivity (Wildman–Crippen MR) is 130 cm³/mol. The Bertz CT molecular complexity index is 1410. The Hall–Kier alpha value is -3.59. The van der Waals surface area contributed by atoms with E-state index in [1.54, 1.807) is 30.0 Å². The van der Waals surface area contributed by atoms with E-state index in [9.17, 15) is 9.59 Å². The number of carbonyl (C=O) groups is 1. The van der Waals surface area contributed by atoms with Crippen LogP contribution in [0.25, 0.3) is 21.0 Å². The van der Waals surface area contributed by atoms with E-state index >= 15 is 0 Å². The number of rotatable bonds is 7. The fraction of sp³-hybridized carbons (Fsp3) is 0.292. The van der Waals surface area contributed by atoms with E-state index in [4.69, 9.17) is 14.2 Å². The summed E-state index contributed by atoms with van der Waals surface area (Å²) in [5, 5.41) is 4.21. The number of benzene rings is 2. The number of aromatic nitrogens is 2. The van der Waals surface area contributed by atoms with Gasteiger partial charge in [-0.3, -0.25) is 14.9 Å². The smallest absolute Gasteiger partial charge is 0.259 e. The fourth-order valence-corrected chi connectivity index (χ4v) is 4.57. The van der Waals surface area contributed by atoms with Crippen LogP contribution < -0.4 is 25.1 Å². The maximum atomic E-state index is 13.4. The number of nitrogens with one attached hydrogen (secondary N) is 1. The van der Waals surface area contributed by atoms with Crippen molar-refractivity contribution in [3.05, 3.63) is 52.4 Å². The molecular formula is C24H25N3O5S. The van der Waals surface area contributed by atoms with Crippen molar-refractivity contribution in [2.45, 2.75) is 20.4 Å². The van der Waals surface area contributed by atoms with Crippen LogP contribution in [0.1, 0.15) is 24.2 Å². The molecule has 0 atom stereocenters. The number of fused-ring (bicyclic) bond motifs is 2. The Morgan fingerprint density at radius 3 is 2.39 bits per heavy atom. The van der Waals surface area contributed by atoms with Crippen LogP contribution in [0.4, 0.5) is 5.13 Å². The molecule has 0 fully saturated rings. The van der Waals surface area contributed by atoms with Gasteiger partial charge in [0.25, 0.3) is 11.5 Å². The van der Waals surface area contributed by atoms with Crippen molar-refractivity contribution in [3.8, 4) is 17.2 Å². The molecule has 0 unspecified atom stereocenters. The van der Waals surface area contributed by atoms with Gasteiger partial charge in [0.05, 0.1) is 42.5 Å². The molecule has 2 aromatic carbocycles. The van der Waals surface area contributed by atoms with Crippen molar-refractivity contribution in [1.29, 1.82) is 0 Å². The number of pyridine rings is 1. The molecular weight excluding hydrogens is 442 g/mol. The van der Waals surface area contributed by atoms with Gasteiger partial charge in [-0.1, -0.05) is 25.2 Å². The first-order valence-electron chi connectivity index (χ1n) is 10.4. The second-order valence-electron chi connectivity index (χ2n) is 7.95. The minimum atomic E-state index is -0.365. The lowest BCUT2D eigenvalue weighted by molar-refractivity contribution is 0.102. The largest absolute Gasteiger partial charge is 0.497 e. The van der Waals surface area contributed by atoms with Gasteiger partial charge in [-0.05, 0) is 36.2 Å². The van der Waals surface area contributed by atoms with E-state index in [2.05, 4.69) is 10.3 Å². The highest BCUT2D eigenvalue weighted by molar-refractivity contribution is 7.22. The average molecular weight is 468 g/mol. The summed E-state index contributed by atoms with van der Waals surface area (Å²) in [6, 6.07) is 8.82. The molecule has 0 aliphatic carbocycles. The zero-order chi connectivity index (χ0) is 23.7. The van der Waals surface area contributed by atoms with Gasteiger partial charge in [0, 0.05) is 18.1 Å². The van der Waals surface area contributed by atoms with E-state index in [1.807, 2.05) is 32.0 Å². The number of methoxy groups -OCH3 is 3. The molecule has 0 radical (unpaired) electrons. The number of hydrogen-bond acceptors (Lipinski definition) is 7. The van der Waals surface area contributed by atoms with E-state index < -0.39 is 0 Å². The van der Waals surface area contributed by atoms with E-state index in [1.165, 1.54) is 25.6 Å². The molecule has 33 heavy (non-hydrogen) atoms. The number of hydrogen-bond donors (Lipinski definition) is 1. The lowest BCUT2D eigenvalue weighted by Gasteiger charge is -2.15. The van der Waals surface area contributed by atoms with Crippen molar-refractivity contribution in [2.24, 2.45) is 5.92 Å². The third kappa shape index (κ3) is 4.36. The summed E-state index contributed by atoms with van der Waals surface area (Å²) < 4.78 is 18.5. The third-order valence-electron chi connectivity index (χ3n) is 5.21. The second-order valence-corrected chi connectivity index (χ2v) is 8.98. The van der Waals surface area contributed by atoms with Crippen LogP contribution in [0.2, 0.25) is 0 Å². The summed E-state index contributed by atoms with van der Waals surface area (Å²) in [6.07, 6.45) is 1.60. The number of nitrogens with zero attached hydrogens (tertiary/aromatic N) is 2. The summed E-state index contributed by atoms with van der Waals surface area (Å²) in [6.45, 7) is 4.51. The first-order valence-corrected chi connectivity index (χ1v) is 11.2. The molecule has 0 aliphatic rings. The van der Waals surface area contributed by atoms with Gasteiger partial charge < -0.3 is 18.8 Å².